The molecule has 0 heterocycles. The molecule has 1 N–H and O–H groups in total. The number of hydrogen-bond acceptors (Lipinski definition) is 3. The van der Waals surface area contributed by atoms with Gasteiger partial charge in [-0.2, -0.15) is 0 Å². The fourth-order valence-corrected chi connectivity index (χ4v) is 2.09. The topological polar surface area (TPSA) is 24.5 Å². The van der Waals surface area contributed by atoms with E-state index in [2.05, 4.69) is 24.2 Å². The fraction of sp³-hybridized carbons (Fsp3) is 1.00. The van der Waals surface area contributed by atoms with Gasteiger partial charge in [-0.15, -0.1) is 0 Å². The summed E-state index contributed by atoms with van der Waals surface area (Å²) in [5.74, 6) is 0. The maximum atomic E-state index is 5.62. The third kappa shape index (κ3) is 15.8. The van der Waals surface area contributed by atoms with Crippen molar-refractivity contribution >= 4 is 0 Å². The van der Waals surface area contributed by atoms with E-state index in [1.807, 2.05) is 7.05 Å². The van der Waals surface area contributed by atoms with Gasteiger partial charge in [0, 0.05) is 13.2 Å². The molecule has 0 aromatic carbocycles. The van der Waals surface area contributed by atoms with Crippen LogP contribution in [0.4, 0.5) is 0 Å². The maximum Gasteiger partial charge on any atom is 0.0466 e. The molecule has 0 aromatic rings. The van der Waals surface area contributed by atoms with Crippen molar-refractivity contribution in [3.05, 3.63) is 0 Å². The number of nitrogens with one attached hydrogen (secondary N) is 1. The summed E-state index contributed by atoms with van der Waals surface area (Å²) in [5.41, 5.74) is 0. The van der Waals surface area contributed by atoms with Gasteiger partial charge in [-0.25, -0.2) is 0 Å². The molecule has 0 spiro atoms. The molecular weight excluding hydrogens is 236 g/mol. The van der Waals surface area contributed by atoms with Crippen molar-refractivity contribution in [1.29, 1.82) is 0 Å². The summed E-state index contributed by atoms with van der Waals surface area (Å²) in [6.45, 7) is 7.76. The second-order valence-electron chi connectivity index (χ2n) is 5.49. The molecule has 0 amide bonds. The second-order valence-corrected chi connectivity index (χ2v) is 5.49. The van der Waals surface area contributed by atoms with Crippen LogP contribution in [0.25, 0.3) is 0 Å². The van der Waals surface area contributed by atoms with E-state index in [0.717, 1.165) is 19.8 Å². The third-order valence-corrected chi connectivity index (χ3v) is 3.44. The van der Waals surface area contributed by atoms with Crippen molar-refractivity contribution in [3.8, 4) is 0 Å². The van der Waals surface area contributed by atoms with Gasteiger partial charge < -0.3 is 15.0 Å². The highest BCUT2D eigenvalue weighted by atomic mass is 16.5. The van der Waals surface area contributed by atoms with Crippen LogP contribution in [0.5, 0.6) is 0 Å². The van der Waals surface area contributed by atoms with Crippen molar-refractivity contribution in [1.82, 2.24) is 10.2 Å². The second kappa shape index (κ2) is 15.9. The summed E-state index contributed by atoms with van der Waals surface area (Å²) < 4.78 is 5.62. The Morgan fingerprint density at radius 1 is 0.842 bits per heavy atom. The molecule has 0 bridgehead atoms. The average Bonchev–Trinajstić information content (AvgIpc) is 2.42. The fourth-order valence-electron chi connectivity index (χ4n) is 2.09. The standard InChI is InChI=1S/C16H36N2O/c1-4-5-13-18(3)14-9-6-7-10-15-19-16-11-8-12-17-2/h17H,4-16H2,1-3H3. The Labute approximate surface area is 121 Å². The summed E-state index contributed by atoms with van der Waals surface area (Å²) >= 11 is 0. The quantitative estimate of drug-likeness (QED) is 0.463. The smallest absolute Gasteiger partial charge is 0.0466 e. The molecule has 0 fully saturated rings. The van der Waals surface area contributed by atoms with Gasteiger partial charge in [0.05, 0.1) is 0 Å². The molecule has 0 rings (SSSR count). The van der Waals surface area contributed by atoms with Crippen LogP contribution in [0, 0.1) is 0 Å². The highest BCUT2D eigenvalue weighted by Crippen LogP contribution is 2.02. The van der Waals surface area contributed by atoms with Crippen molar-refractivity contribution in [2.75, 3.05) is 46.9 Å². The maximum absolute atomic E-state index is 5.62. The number of unbranched alkanes of at least 4 members (excludes halogenated alkanes) is 5. The highest BCUT2D eigenvalue weighted by molar-refractivity contribution is 4.52. The van der Waals surface area contributed by atoms with Crippen LogP contribution in [-0.4, -0.2) is 51.8 Å². The highest BCUT2D eigenvalue weighted by Gasteiger charge is 1.97. The van der Waals surface area contributed by atoms with Gasteiger partial charge in [0.2, 0.25) is 0 Å². The van der Waals surface area contributed by atoms with Gasteiger partial charge in [-0.3, -0.25) is 0 Å². The van der Waals surface area contributed by atoms with Crippen LogP contribution in [0.1, 0.15) is 58.3 Å². The summed E-state index contributed by atoms with van der Waals surface area (Å²) in [6, 6.07) is 0. The van der Waals surface area contributed by atoms with Crippen molar-refractivity contribution in [3.63, 3.8) is 0 Å². The number of rotatable bonds is 15. The molecule has 0 radical (unpaired) electrons. The monoisotopic (exact) mass is 272 g/mol. The summed E-state index contributed by atoms with van der Waals surface area (Å²) in [6.07, 6.45) is 10.3. The minimum absolute atomic E-state index is 0.932. The van der Waals surface area contributed by atoms with Gasteiger partial charge in [0.25, 0.3) is 0 Å². The predicted molar refractivity (Wildman–Crippen MR) is 84.9 cm³/mol. The van der Waals surface area contributed by atoms with Crippen LogP contribution in [0.15, 0.2) is 0 Å². The molecule has 0 aliphatic rings. The first-order valence-corrected chi connectivity index (χ1v) is 8.22. The largest absolute Gasteiger partial charge is 0.381 e. The molecule has 0 unspecified atom stereocenters. The molecule has 0 aliphatic carbocycles. The zero-order valence-corrected chi connectivity index (χ0v) is 13.5. The molecule has 3 heteroatoms. The Morgan fingerprint density at radius 3 is 2.16 bits per heavy atom. The minimum atomic E-state index is 0.932. The summed E-state index contributed by atoms with van der Waals surface area (Å²) in [4.78, 5) is 2.46. The van der Waals surface area contributed by atoms with Crippen molar-refractivity contribution in [2.45, 2.75) is 58.3 Å². The third-order valence-electron chi connectivity index (χ3n) is 3.44. The van der Waals surface area contributed by atoms with Gasteiger partial charge in [0.1, 0.15) is 0 Å². The zero-order chi connectivity index (χ0) is 14.2. The van der Waals surface area contributed by atoms with E-state index in [4.69, 9.17) is 4.74 Å². The Morgan fingerprint density at radius 2 is 1.47 bits per heavy atom. The predicted octanol–water partition coefficient (Wildman–Crippen LogP) is 3.29. The lowest BCUT2D eigenvalue weighted by Gasteiger charge is -2.15. The van der Waals surface area contributed by atoms with Crippen LogP contribution in [-0.2, 0) is 4.74 Å². The average molecular weight is 272 g/mol. The number of hydrogen-bond donors (Lipinski definition) is 1. The van der Waals surface area contributed by atoms with E-state index < -0.39 is 0 Å². The summed E-state index contributed by atoms with van der Waals surface area (Å²) in [5, 5.41) is 3.16. The first-order valence-electron chi connectivity index (χ1n) is 8.22. The first kappa shape index (κ1) is 18.9. The lowest BCUT2D eigenvalue weighted by molar-refractivity contribution is 0.126. The van der Waals surface area contributed by atoms with Gasteiger partial charge >= 0.3 is 0 Å². The lowest BCUT2D eigenvalue weighted by Crippen LogP contribution is -2.20. The molecule has 0 saturated carbocycles. The Kier molecular flexibility index (Phi) is 15.8. The van der Waals surface area contributed by atoms with Gasteiger partial charge in [-0.05, 0) is 65.8 Å². The van der Waals surface area contributed by atoms with E-state index >= 15 is 0 Å². The lowest BCUT2D eigenvalue weighted by atomic mass is 10.2. The van der Waals surface area contributed by atoms with Crippen LogP contribution in [0.2, 0.25) is 0 Å². The molecule has 3 nitrogen and oxygen atoms in total. The van der Waals surface area contributed by atoms with E-state index in [1.54, 1.807) is 0 Å². The Bertz CT molecular complexity index is 165. The molecule has 0 atom stereocenters. The Hall–Kier alpha value is -0.120. The number of nitrogens with zero attached hydrogens (tertiary/aromatic N) is 1. The van der Waals surface area contributed by atoms with Crippen LogP contribution < -0.4 is 5.32 Å². The van der Waals surface area contributed by atoms with E-state index in [-0.39, 0.29) is 0 Å². The molecule has 0 aliphatic heterocycles. The molecular formula is C16H36N2O. The Balaban J connectivity index is 3.02. The molecule has 116 valence electrons. The van der Waals surface area contributed by atoms with Crippen molar-refractivity contribution < 1.29 is 4.74 Å². The van der Waals surface area contributed by atoms with Crippen LogP contribution in [0.3, 0.4) is 0 Å². The molecule has 19 heavy (non-hydrogen) atoms. The van der Waals surface area contributed by atoms with Crippen molar-refractivity contribution in [2.24, 2.45) is 0 Å². The number of ether oxygens (including phenoxy) is 1. The molecule has 0 saturated heterocycles. The van der Waals surface area contributed by atoms with E-state index in [9.17, 15) is 0 Å². The first-order chi connectivity index (χ1) is 9.31. The molecule has 0 aromatic heterocycles. The normalized spacial score (nSPS) is 11.4. The van der Waals surface area contributed by atoms with Gasteiger partial charge in [0.15, 0.2) is 0 Å². The summed E-state index contributed by atoms with van der Waals surface area (Å²) in [7, 11) is 4.24. The van der Waals surface area contributed by atoms with Crippen LogP contribution >= 0.6 is 0 Å². The van der Waals surface area contributed by atoms with E-state index in [0.29, 0.717) is 0 Å². The SMILES string of the molecule is CCCCN(C)CCCCCCOCCCCNC. The minimum Gasteiger partial charge on any atom is -0.381 e. The van der Waals surface area contributed by atoms with E-state index in [1.165, 1.54) is 64.5 Å². The van der Waals surface area contributed by atoms with Gasteiger partial charge in [-0.1, -0.05) is 26.2 Å². The zero-order valence-electron chi connectivity index (χ0n) is 13.5.